The fourth-order valence-electron chi connectivity index (χ4n) is 2.42. The molecule has 0 atom stereocenters. The number of benzene rings is 1. The maximum Gasteiger partial charge on any atom is 0.233 e. The molecule has 8 heteroatoms. The van der Waals surface area contributed by atoms with Gasteiger partial charge in [-0.25, -0.2) is 4.39 Å². The number of halogens is 1. The van der Waals surface area contributed by atoms with Crippen LogP contribution in [0.25, 0.3) is 0 Å². The van der Waals surface area contributed by atoms with Gasteiger partial charge in [0.15, 0.2) is 4.34 Å². The Morgan fingerprint density at radius 2 is 2.28 bits per heavy atom. The van der Waals surface area contributed by atoms with Crippen molar-refractivity contribution < 1.29 is 9.18 Å². The quantitative estimate of drug-likeness (QED) is 0.662. The Morgan fingerprint density at radius 1 is 1.44 bits per heavy atom. The molecule has 0 radical (unpaired) electrons. The maximum atomic E-state index is 13.2. The van der Waals surface area contributed by atoms with Gasteiger partial charge in [-0.15, -0.1) is 10.2 Å². The minimum atomic E-state index is -0.304. The fourth-order valence-corrected chi connectivity index (χ4v) is 4.10. The molecule has 2 aromatic rings. The molecule has 1 aromatic heterocycles. The van der Waals surface area contributed by atoms with E-state index in [0.717, 1.165) is 23.8 Å². The van der Waals surface area contributed by atoms with E-state index in [1.54, 1.807) is 12.1 Å². The summed E-state index contributed by atoms with van der Waals surface area (Å²) in [6.07, 6.45) is 3.46. The van der Waals surface area contributed by atoms with E-state index in [9.17, 15) is 9.18 Å². The van der Waals surface area contributed by atoms with E-state index < -0.39 is 0 Å². The molecule has 1 aliphatic rings. The van der Waals surface area contributed by atoms with Crippen LogP contribution in [0, 0.1) is 11.7 Å². The van der Waals surface area contributed by atoms with Crippen molar-refractivity contribution in [2.75, 3.05) is 24.2 Å². The van der Waals surface area contributed by atoms with E-state index in [4.69, 9.17) is 0 Å². The highest BCUT2D eigenvalue weighted by Crippen LogP contribution is 2.31. The van der Waals surface area contributed by atoms with E-state index in [1.165, 1.54) is 48.1 Å². The summed E-state index contributed by atoms with van der Waals surface area (Å²) in [7, 11) is 0. The molecule has 1 aromatic carbocycles. The summed E-state index contributed by atoms with van der Waals surface area (Å²) in [5, 5.41) is 11.8. The number of thioether (sulfide) groups is 1. The van der Waals surface area contributed by atoms with Gasteiger partial charge in [-0.3, -0.25) is 4.79 Å². The van der Waals surface area contributed by atoms with Crippen LogP contribution in [0.5, 0.6) is 0 Å². The van der Waals surface area contributed by atoms with Crippen LogP contribution in [0.3, 0.4) is 0 Å². The van der Waals surface area contributed by atoms with Crippen LogP contribution in [-0.2, 0) is 4.79 Å². The van der Waals surface area contributed by atoms with Crippen LogP contribution in [0.15, 0.2) is 28.6 Å². The number of carbonyl (C=O) groups excluding carboxylic acids is 1. The van der Waals surface area contributed by atoms with E-state index >= 15 is 0 Å². The van der Waals surface area contributed by atoms with Crippen molar-refractivity contribution in [2.24, 2.45) is 5.92 Å². The zero-order valence-corrected chi connectivity index (χ0v) is 15.7. The van der Waals surface area contributed by atoms with Gasteiger partial charge >= 0.3 is 0 Å². The van der Waals surface area contributed by atoms with Crippen LogP contribution in [0.1, 0.15) is 26.2 Å². The minimum Gasteiger partial charge on any atom is -0.342 e. The van der Waals surface area contributed by atoms with Crippen molar-refractivity contribution in [2.45, 2.75) is 30.5 Å². The van der Waals surface area contributed by atoms with E-state index in [1.807, 2.05) is 4.90 Å². The number of anilines is 2. The van der Waals surface area contributed by atoms with E-state index in [2.05, 4.69) is 22.4 Å². The molecular formula is C17H21FN4OS2. The molecule has 25 heavy (non-hydrogen) atoms. The van der Waals surface area contributed by atoms with Crippen molar-refractivity contribution in [1.29, 1.82) is 0 Å². The second-order valence-corrected chi connectivity index (χ2v) is 8.28. The van der Waals surface area contributed by atoms with E-state index in [0.29, 0.717) is 22.5 Å². The Morgan fingerprint density at radius 3 is 3.00 bits per heavy atom. The topological polar surface area (TPSA) is 58.1 Å². The zero-order valence-electron chi connectivity index (χ0n) is 14.1. The third-order valence-electron chi connectivity index (χ3n) is 3.82. The van der Waals surface area contributed by atoms with E-state index in [-0.39, 0.29) is 11.7 Å². The van der Waals surface area contributed by atoms with Gasteiger partial charge in [0, 0.05) is 18.8 Å². The van der Waals surface area contributed by atoms with Crippen LogP contribution in [0.4, 0.5) is 15.2 Å². The van der Waals surface area contributed by atoms with Crippen molar-refractivity contribution in [3.63, 3.8) is 0 Å². The first-order valence-electron chi connectivity index (χ1n) is 8.40. The largest absolute Gasteiger partial charge is 0.342 e. The molecule has 0 bridgehead atoms. The molecule has 0 spiro atoms. The van der Waals surface area contributed by atoms with Gasteiger partial charge < -0.3 is 10.2 Å². The molecule has 0 unspecified atom stereocenters. The number of nitrogens with one attached hydrogen (secondary N) is 1. The van der Waals surface area contributed by atoms with Gasteiger partial charge in [0.2, 0.25) is 11.0 Å². The maximum absolute atomic E-state index is 13.2. The summed E-state index contributed by atoms with van der Waals surface area (Å²) >= 11 is 2.77. The number of aromatic nitrogens is 2. The lowest BCUT2D eigenvalue weighted by Crippen LogP contribution is -2.34. The highest BCUT2D eigenvalue weighted by molar-refractivity contribution is 8.01. The third-order valence-corrected chi connectivity index (χ3v) is 5.78. The summed E-state index contributed by atoms with van der Waals surface area (Å²) < 4.78 is 13.9. The monoisotopic (exact) mass is 380 g/mol. The molecule has 134 valence electrons. The second-order valence-electron chi connectivity index (χ2n) is 6.08. The first-order chi connectivity index (χ1) is 12.1. The molecule has 1 aliphatic carbocycles. The summed E-state index contributed by atoms with van der Waals surface area (Å²) in [5.74, 6) is 0.931. The number of nitrogens with zero attached hydrogens (tertiary/aromatic N) is 3. The molecule has 1 N–H and O–H groups in total. The number of hydrogen-bond acceptors (Lipinski definition) is 6. The number of hydrogen-bond donors (Lipinski definition) is 1. The predicted molar refractivity (Wildman–Crippen MR) is 99.9 cm³/mol. The average molecular weight is 381 g/mol. The highest BCUT2D eigenvalue weighted by Gasteiger charge is 2.26. The van der Waals surface area contributed by atoms with Crippen molar-refractivity contribution >= 4 is 39.8 Å². The molecule has 0 aliphatic heterocycles. The predicted octanol–water partition coefficient (Wildman–Crippen LogP) is 4.16. The Kier molecular flexibility index (Phi) is 6.25. The Balaban J connectivity index is 1.51. The van der Waals surface area contributed by atoms with Gasteiger partial charge in [-0.2, -0.15) is 0 Å². The average Bonchev–Trinajstić information content (AvgIpc) is 3.30. The standard InChI is InChI=1S/C17H21FN4OS2/c1-2-8-22(10-12-6-7-12)15(23)11-24-17-21-20-16(25-17)19-14-5-3-4-13(18)9-14/h3-5,9,12H,2,6-8,10-11H2,1H3,(H,19,20). The van der Waals surface area contributed by atoms with Gasteiger partial charge in [0.05, 0.1) is 5.75 Å². The van der Waals surface area contributed by atoms with Crippen molar-refractivity contribution in [3.8, 4) is 0 Å². The van der Waals surface area contributed by atoms with Gasteiger partial charge in [0.1, 0.15) is 5.82 Å². The van der Waals surface area contributed by atoms with Gasteiger partial charge in [-0.1, -0.05) is 36.1 Å². The number of carbonyl (C=O) groups is 1. The fraction of sp³-hybridized carbons (Fsp3) is 0.471. The van der Waals surface area contributed by atoms with Crippen LogP contribution < -0.4 is 5.32 Å². The lowest BCUT2D eigenvalue weighted by atomic mass is 10.3. The van der Waals surface area contributed by atoms with Crippen LogP contribution in [-0.4, -0.2) is 39.8 Å². The Hall–Kier alpha value is -1.67. The first-order valence-corrected chi connectivity index (χ1v) is 10.2. The summed E-state index contributed by atoms with van der Waals surface area (Å²) in [5.41, 5.74) is 0.627. The second kappa shape index (κ2) is 8.62. The van der Waals surface area contributed by atoms with Gasteiger partial charge in [0.25, 0.3) is 0 Å². The molecule has 0 saturated heterocycles. The number of amides is 1. The molecule has 1 fully saturated rings. The minimum absolute atomic E-state index is 0.161. The van der Waals surface area contributed by atoms with Crippen molar-refractivity contribution in [1.82, 2.24) is 15.1 Å². The summed E-state index contributed by atoms with van der Waals surface area (Å²) in [6, 6.07) is 6.19. The molecule has 3 rings (SSSR count). The molecule has 1 saturated carbocycles. The van der Waals surface area contributed by atoms with Crippen LogP contribution in [0.2, 0.25) is 0 Å². The zero-order chi connectivity index (χ0) is 17.6. The summed E-state index contributed by atoms with van der Waals surface area (Å²) in [6.45, 7) is 3.80. The van der Waals surface area contributed by atoms with Crippen molar-refractivity contribution in [3.05, 3.63) is 30.1 Å². The smallest absolute Gasteiger partial charge is 0.233 e. The molecule has 1 amide bonds. The number of rotatable bonds is 9. The summed E-state index contributed by atoms with van der Waals surface area (Å²) in [4.78, 5) is 14.4. The third kappa shape index (κ3) is 5.67. The Labute approximate surface area is 155 Å². The van der Waals surface area contributed by atoms with Gasteiger partial charge in [-0.05, 0) is 43.4 Å². The lowest BCUT2D eigenvalue weighted by molar-refractivity contribution is -0.128. The molecule has 5 nitrogen and oxygen atoms in total. The Bertz CT molecular complexity index is 720. The van der Waals surface area contributed by atoms with Crippen LogP contribution >= 0.6 is 23.1 Å². The lowest BCUT2D eigenvalue weighted by Gasteiger charge is -2.21. The molecular weight excluding hydrogens is 359 g/mol. The SMILES string of the molecule is CCCN(CC1CC1)C(=O)CSc1nnc(Nc2cccc(F)c2)s1. The normalized spacial score (nSPS) is 13.7. The molecule has 1 heterocycles. The first kappa shape index (κ1) is 18.1. The highest BCUT2D eigenvalue weighted by atomic mass is 32.2.